The van der Waals surface area contributed by atoms with E-state index in [0.717, 1.165) is 30.4 Å². The predicted octanol–water partition coefficient (Wildman–Crippen LogP) is 3.25. The predicted molar refractivity (Wildman–Crippen MR) is 122 cm³/mol. The van der Waals surface area contributed by atoms with E-state index in [1.807, 2.05) is 12.1 Å². The van der Waals surface area contributed by atoms with E-state index < -0.39 is 0 Å². The minimum Gasteiger partial charge on any atom is -0.361 e. The molecule has 2 aromatic heterocycles. The van der Waals surface area contributed by atoms with E-state index in [1.54, 1.807) is 11.3 Å². The maximum absolute atomic E-state index is 12.7. The number of carbonyl (C=O) groups excluding carboxylic acids is 1. The number of thiazole rings is 1. The lowest BCUT2D eigenvalue weighted by Crippen LogP contribution is -3.14. The van der Waals surface area contributed by atoms with Crippen LogP contribution in [0.15, 0.2) is 54.7 Å². The van der Waals surface area contributed by atoms with Gasteiger partial charge in [0.25, 0.3) is 5.91 Å². The van der Waals surface area contributed by atoms with Crippen molar-refractivity contribution in [2.75, 3.05) is 19.6 Å². The van der Waals surface area contributed by atoms with E-state index in [0.29, 0.717) is 19.1 Å². The first-order chi connectivity index (χ1) is 14.8. The lowest BCUT2D eigenvalue weighted by Gasteiger charge is -2.30. The van der Waals surface area contributed by atoms with Gasteiger partial charge in [0.15, 0.2) is 11.6 Å². The average Bonchev–Trinajstić information content (AvgIpc) is 3.38. The van der Waals surface area contributed by atoms with Crippen LogP contribution in [0.2, 0.25) is 0 Å². The zero-order valence-corrected chi connectivity index (χ0v) is 17.8. The Bertz CT molecular complexity index is 1130. The number of amides is 1. The molecule has 3 N–H and O–H groups in total. The molecule has 1 aliphatic heterocycles. The highest BCUT2D eigenvalue weighted by Gasteiger charge is 2.31. The van der Waals surface area contributed by atoms with Gasteiger partial charge in [0, 0.05) is 30.1 Å². The van der Waals surface area contributed by atoms with Crippen molar-refractivity contribution in [3.05, 3.63) is 65.3 Å². The highest BCUT2D eigenvalue weighted by molar-refractivity contribution is 7.18. The van der Waals surface area contributed by atoms with Crippen molar-refractivity contribution in [2.45, 2.75) is 31.7 Å². The number of quaternary nitrogens is 1. The smallest absolute Gasteiger partial charge is 0.275 e. The van der Waals surface area contributed by atoms with Crippen LogP contribution in [0.4, 0.5) is 0 Å². The van der Waals surface area contributed by atoms with E-state index in [2.05, 4.69) is 52.9 Å². The number of likely N-dealkylation sites (tertiary alicyclic amines) is 1. The van der Waals surface area contributed by atoms with Crippen molar-refractivity contribution in [1.29, 1.82) is 0 Å². The summed E-state index contributed by atoms with van der Waals surface area (Å²) in [6, 6.07) is 17.0. The Morgan fingerprint density at radius 3 is 2.97 bits per heavy atom. The van der Waals surface area contributed by atoms with Gasteiger partial charge in [0.2, 0.25) is 0 Å². The summed E-state index contributed by atoms with van der Waals surface area (Å²) in [5.41, 5.74) is 3.48. The first-order valence-electron chi connectivity index (χ1n) is 10.8. The molecule has 5 nitrogen and oxygen atoms in total. The number of hydrogen-bond donors (Lipinski definition) is 3. The van der Waals surface area contributed by atoms with Crippen LogP contribution in [0.25, 0.3) is 21.1 Å². The summed E-state index contributed by atoms with van der Waals surface area (Å²) in [6.07, 6.45) is 6.39. The van der Waals surface area contributed by atoms with Gasteiger partial charge in [-0.25, -0.2) is 4.98 Å². The summed E-state index contributed by atoms with van der Waals surface area (Å²) in [6.45, 7) is 2.23. The Labute approximate surface area is 180 Å². The number of nitrogens with one attached hydrogen (secondary N) is 3. The van der Waals surface area contributed by atoms with Crippen LogP contribution >= 0.6 is 11.3 Å². The third kappa shape index (κ3) is 3.98. The molecule has 5 rings (SSSR count). The molecule has 1 fully saturated rings. The standard InChI is InChI=1S/C24H26N4OS/c29-23(25-13-12-17-15-26-19-8-2-1-7-18(17)19)16-28-14-6-5-10-21(28)24-27-20-9-3-4-11-22(20)30-24/h1-4,7-9,11,15,21,26H,5-6,10,12-14,16H2,(H,25,29)/p+1/t21-/m0/s1. The molecule has 30 heavy (non-hydrogen) atoms. The molecule has 0 radical (unpaired) electrons. The molecule has 3 heterocycles. The highest BCUT2D eigenvalue weighted by Crippen LogP contribution is 2.28. The van der Waals surface area contributed by atoms with E-state index in [-0.39, 0.29) is 5.91 Å². The second-order valence-electron chi connectivity index (χ2n) is 8.11. The van der Waals surface area contributed by atoms with Crippen LogP contribution in [0.1, 0.15) is 35.9 Å². The largest absolute Gasteiger partial charge is 0.361 e. The molecule has 0 spiro atoms. The number of piperidine rings is 1. The number of fused-ring (bicyclic) bond motifs is 2. The summed E-state index contributed by atoms with van der Waals surface area (Å²) in [7, 11) is 0. The van der Waals surface area contributed by atoms with Gasteiger partial charge < -0.3 is 15.2 Å². The molecule has 4 aromatic rings. The van der Waals surface area contributed by atoms with Crippen LogP contribution in [-0.2, 0) is 11.2 Å². The van der Waals surface area contributed by atoms with Crippen molar-refractivity contribution in [3.63, 3.8) is 0 Å². The van der Waals surface area contributed by atoms with Crippen molar-refractivity contribution < 1.29 is 9.69 Å². The zero-order chi connectivity index (χ0) is 20.3. The number of aromatic nitrogens is 2. The number of nitrogens with zero attached hydrogens (tertiary/aromatic N) is 1. The van der Waals surface area contributed by atoms with Gasteiger partial charge >= 0.3 is 0 Å². The highest BCUT2D eigenvalue weighted by atomic mass is 32.1. The molecule has 1 saturated heterocycles. The number of hydrogen-bond acceptors (Lipinski definition) is 3. The zero-order valence-electron chi connectivity index (χ0n) is 17.0. The summed E-state index contributed by atoms with van der Waals surface area (Å²) >= 11 is 1.78. The number of aromatic amines is 1. The molecule has 1 unspecified atom stereocenters. The number of benzene rings is 2. The molecule has 0 saturated carbocycles. The Hall–Kier alpha value is -2.70. The van der Waals surface area contributed by atoms with E-state index in [1.165, 1.54) is 38.4 Å². The minimum absolute atomic E-state index is 0.137. The molecule has 2 atom stereocenters. The molecule has 0 aliphatic carbocycles. The van der Waals surface area contributed by atoms with Crippen molar-refractivity contribution >= 4 is 38.4 Å². The molecule has 2 aromatic carbocycles. The Morgan fingerprint density at radius 2 is 2.03 bits per heavy atom. The molecular weight excluding hydrogens is 392 g/mol. The Balaban J connectivity index is 1.20. The fourth-order valence-corrected chi connectivity index (χ4v) is 5.73. The third-order valence-corrected chi connectivity index (χ3v) is 7.27. The van der Waals surface area contributed by atoms with E-state index in [9.17, 15) is 4.79 Å². The van der Waals surface area contributed by atoms with Crippen LogP contribution in [0.5, 0.6) is 0 Å². The number of H-pyrrole nitrogens is 1. The van der Waals surface area contributed by atoms with Crippen molar-refractivity contribution in [3.8, 4) is 0 Å². The second kappa shape index (κ2) is 8.58. The molecule has 6 heteroatoms. The van der Waals surface area contributed by atoms with Gasteiger partial charge in [0.1, 0.15) is 6.04 Å². The lowest BCUT2D eigenvalue weighted by atomic mass is 10.0. The van der Waals surface area contributed by atoms with Gasteiger partial charge in [-0.1, -0.05) is 30.3 Å². The van der Waals surface area contributed by atoms with Crippen LogP contribution in [-0.4, -0.2) is 35.5 Å². The summed E-state index contributed by atoms with van der Waals surface area (Å²) in [5.74, 6) is 0.137. The summed E-state index contributed by atoms with van der Waals surface area (Å²) < 4.78 is 1.24. The Kier molecular flexibility index (Phi) is 5.51. The van der Waals surface area contributed by atoms with Crippen LogP contribution in [0, 0.1) is 0 Å². The second-order valence-corrected chi connectivity index (χ2v) is 9.17. The minimum atomic E-state index is 0.137. The van der Waals surface area contributed by atoms with Crippen LogP contribution in [0.3, 0.4) is 0 Å². The fourth-order valence-electron chi connectivity index (χ4n) is 4.57. The van der Waals surface area contributed by atoms with Gasteiger partial charge in [-0.05, 0) is 43.0 Å². The monoisotopic (exact) mass is 419 g/mol. The fraction of sp³-hybridized carbons (Fsp3) is 0.333. The molecule has 154 valence electrons. The normalized spacial score (nSPS) is 19.3. The SMILES string of the molecule is O=C(C[NH+]1CCCC[C@H]1c1nc2ccccc2s1)NCCc1c[nH]c2ccccc12. The van der Waals surface area contributed by atoms with Crippen LogP contribution < -0.4 is 10.2 Å². The molecule has 0 bridgehead atoms. The molecular formula is C24H27N4OS+. The van der Waals surface area contributed by atoms with E-state index >= 15 is 0 Å². The topological polar surface area (TPSA) is 62.2 Å². The quantitative estimate of drug-likeness (QED) is 0.449. The number of para-hydroxylation sites is 2. The maximum atomic E-state index is 12.7. The lowest BCUT2D eigenvalue weighted by molar-refractivity contribution is -0.929. The summed E-state index contributed by atoms with van der Waals surface area (Å²) in [4.78, 5) is 22.2. The Morgan fingerprint density at radius 1 is 1.17 bits per heavy atom. The van der Waals surface area contributed by atoms with Gasteiger partial charge in [0.05, 0.1) is 16.8 Å². The third-order valence-electron chi connectivity index (χ3n) is 6.12. The first kappa shape index (κ1) is 19.3. The van der Waals surface area contributed by atoms with Gasteiger partial charge in [-0.15, -0.1) is 11.3 Å². The average molecular weight is 420 g/mol. The first-order valence-corrected chi connectivity index (χ1v) is 11.6. The molecule has 1 aliphatic rings. The van der Waals surface area contributed by atoms with Gasteiger partial charge in [-0.3, -0.25) is 4.79 Å². The maximum Gasteiger partial charge on any atom is 0.275 e. The van der Waals surface area contributed by atoms with Crippen molar-refractivity contribution in [2.24, 2.45) is 0 Å². The number of rotatable bonds is 6. The van der Waals surface area contributed by atoms with Crippen molar-refractivity contribution in [1.82, 2.24) is 15.3 Å². The van der Waals surface area contributed by atoms with Gasteiger partial charge in [-0.2, -0.15) is 0 Å². The van der Waals surface area contributed by atoms with E-state index in [4.69, 9.17) is 4.98 Å². The molecule has 1 amide bonds. The number of carbonyl (C=O) groups is 1. The summed E-state index contributed by atoms with van der Waals surface area (Å²) in [5, 5.41) is 5.56.